The number of nitrogens with zero attached hydrogens (tertiary/aromatic N) is 1. The van der Waals surface area contributed by atoms with Crippen molar-refractivity contribution in [2.24, 2.45) is 5.41 Å². The lowest BCUT2D eigenvalue weighted by molar-refractivity contribution is 0.285. The van der Waals surface area contributed by atoms with Gasteiger partial charge >= 0.3 is 0 Å². The summed E-state index contributed by atoms with van der Waals surface area (Å²) in [5.74, 6) is 0.989. The minimum absolute atomic E-state index is 0.265. The van der Waals surface area contributed by atoms with E-state index in [-0.39, 0.29) is 5.41 Å². The fraction of sp³-hybridized carbons (Fsp3) is 0.706. The van der Waals surface area contributed by atoms with Gasteiger partial charge in [0.15, 0.2) is 0 Å². The molecule has 1 fully saturated rings. The van der Waals surface area contributed by atoms with E-state index in [2.05, 4.69) is 38.0 Å². The van der Waals surface area contributed by atoms with Crippen LogP contribution in [0.1, 0.15) is 49.9 Å². The minimum atomic E-state index is 0.265. The zero-order valence-corrected chi connectivity index (χ0v) is 13.5. The highest BCUT2D eigenvalue weighted by Gasteiger charge is 2.28. The summed E-state index contributed by atoms with van der Waals surface area (Å²) in [6, 6.07) is 0.766. The van der Waals surface area contributed by atoms with Crippen LogP contribution >= 0.6 is 0 Å². The van der Waals surface area contributed by atoms with Crippen molar-refractivity contribution >= 4 is 0 Å². The zero-order chi connectivity index (χ0) is 14.8. The van der Waals surface area contributed by atoms with Gasteiger partial charge in [-0.05, 0) is 44.9 Å². The Morgan fingerprint density at radius 3 is 2.65 bits per heavy atom. The molecule has 3 nitrogen and oxygen atoms in total. The Balaban J connectivity index is 2.13. The van der Waals surface area contributed by atoms with Crippen LogP contribution in [0.25, 0.3) is 0 Å². The lowest BCUT2D eigenvalue weighted by atomic mass is 9.81. The summed E-state index contributed by atoms with van der Waals surface area (Å²) in [5.41, 5.74) is 3.75. The van der Waals surface area contributed by atoms with E-state index >= 15 is 0 Å². The Labute approximate surface area is 123 Å². The van der Waals surface area contributed by atoms with E-state index in [1.807, 2.05) is 6.20 Å². The highest BCUT2D eigenvalue weighted by atomic mass is 16.5. The Hall–Kier alpha value is -1.09. The van der Waals surface area contributed by atoms with E-state index in [0.29, 0.717) is 0 Å². The summed E-state index contributed by atoms with van der Waals surface area (Å²) in [7, 11) is 1.74. The quantitative estimate of drug-likeness (QED) is 0.828. The van der Waals surface area contributed by atoms with Crippen molar-refractivity contribution in [3.05, 3.63) is 23.0 Å². The first-order chi connectivity index (χ1) is 9.49. The molecule has 1 aromatic heterocycles. The van der Waals surface area contributed by atoms with Gasteiger partial charge in [0.25, 0.3) is 0 Å². The van der Waals surface area contributed by atoms with Gasteiger partial charge in [-0.2, -0.15) is 0 Å². The van der Waals surface area contributed by atoms with Crippen LogP contribution in [0.4, 0.5) is 0 Å². The van der Waals surface area contributed by atoms with E-state index in [1.54, 1.807) is 7.11 Å². The molecule has 3 heteroatoms. The molecular weight excluding hydrogens is 248 g/mol. The van der Waals surface area contributed by atoms with Crippen LogP contribution in [0.3, 0.4) is 0 Å². The topological polar surface area (TPSA) is 34.2 Å². The van der Waals surface area contributed by atoms with Crippen molar-refractivity contribution < 1.29 is 4.74 Å². The number of ether oxygens (including phenoxy) is 1. The van der Waals surface area contributed by atoms with Crippen LogP contribution in [0.5, 0.6) is 5.75 Å². The molecule has 0 radical (unpaired) electrons. The minimum Gasteiger partial charge on any atom is -0.496 e. The number of pyridine rings is 1. The molecule has 0 saturated heterocycles. The molecule has 1 aromatic rings. The summed E-state index contributed by atoms with van der Waals surface area (Å²) < 4.78 is 5.52. The maximum atomic E-state index is 5.52. The molecule has 1 heterocycles. The van der Waals surface area contributed by atoms with Gasteiger partial charge in [0.05, 0.1) is 7.11 Å². The van der Waals surface area contributed by atoms with Crippen molar-refractivity contribution in [3.63, 3.8) is 0 Å². The van der Waals surface area contributed by atoms with Gasteiger partial charge in [0.2, 0.25) is 0 Å². The van der Waals surface area contributed by atoms with Crippen molar-refractivity contribution in [2.75, 3.05) is 13.7 Å². The lowest BCUT2D eigenvalue weighted by Crippen LogP contribution is -2.34. The third-order valence-electron chi connectivity index (χ3n) is 4.59. The van der Waals surface area contributed by atoms with Crippen molar-refractivity contribution in [1.29, 1.82) is 0 Å². The molecule has 2 rings (SSSR count). The molecule has 1 aliphatic rings. The highest BCUT2D eigenvalue weighted by molar-refractivity contribution is 5.41. The van der Waals surface area contributed by atoms with E-state index in [0.717, 1.165) is 36.7 Å². The molecule has 112 valence electrons. The van der Waals surface area contributed by atoms with Crippen LogP contribution in [0, 0.1) is 19.3 Å². The molecular formula is C17H28N2O. The summed E-state index contributed by atoms with van der Waals surface area (Å²) in [5, 5.41) is 3.67. The Morgan fingerprint density at radius 2 is 2.10 bits per heavy atom. The van der Waals surface area contributed by atoms with Crippen molar-refractivity contribution in [1.82, 2.24) is 10.3 Å². The largest absolute Gasteiger partial charge is 0.496 e. The van der Waals surface area contributed by atoms with Gasteiger partial charge in [-0.25, -0.2) is 0 Å². The smallest absolute Gasteiger partial charge is 0.128 e. The van der Waals surface area contributed by atoms with Crippen LogP contribution in [-0.2, 0) is 6.42 Å². The molecule has 1 unspecified atom stereocenters. The SMILES string of the molecule is CCC(C)(CNC1CC1)Cc1ncc(C)c(OC)c1C. The number of hydrogen-bond acceptors (Lipinski definition) is 3. The average molecular weight is 276 g/mol. The monoisotopic (exact) mass is 276 g/mol. The second-order valence-corrected chi connectivity index (χ2v) is 6.54. The predicted molar refractivity (Wildman–Crippen MR) is 83.4 cm³/mol. The molecule has 20 heavy (non-hydrogen) atoms. The molecule has 1 saturated carbocycles. The number of aryl methyl sites for hydroxylation is 1. The van der Waals surface area contributed by atoms with Gasteiger partial charge in [0, 0.05) is 35.6 Å². The van der Waals surface area contributed by atoms with Crippen LogP contribution in [-0.4, -0.2) is 24.7 Å². The maximum Gasteiger partial charge on any atom is 0.128 e. The predicted octanol–water partition coefficient (Wildman–Crippen LogP) is 3.42. The molecule has 0 spiro atoms. The summed E-state index contributed by atoms with van der Waals surface area (Å²) in [4.78, 5) is 4.65. The molecule has 0 aromatic carbocycles. The summed E-state index contributed by atoms with van der Waals surface area (Å²) >= 11 is 0. The second kappa shape index (κ2) is 6.13. The van der Waals surface area contributed by atoms with Gasteiger partial charge in [-0.3, -0.25) is 4.98 Å². The van der Waals surface area contributed by atoms with Gasteiger partial charge in [0.1, 0.15) is 5.75 Å². The molecule has 1 atom stereocenters. The van der Waals surface area contributed by atoms with Crippen molar-refractivity contribution in [2.45, 2.75) is 59.4 Å². The fourth-order valence-corrected chi connectivity index (χ4v) is 2.64. The van der Waals surface area contributed by atoms with Crippen LogP contribution in [0.2, 0.25) is 0 Å². The van der Waals surface area contributed by atoms with Crippen molar-refractivity contribution in [3.8, 4) is 5.75 Å². The molecule has 1 aliphatic carbocycles. The molecule has 0 amide bonds. The maximum absolute atomic E-state index is 5.52. The standard InChI is InChI=1S/C17H28N2O/c1-6-17(4,11-19-14-7-8-14)9-15-13(3)16(20-5)12(2)10-18-15/h10,14,19H,6-9,11H2,1-5H3. The number of rotatable bonds is 7. The number of aromatic nitrogens is 1. The van der Waals surface area contributed by atoms with Gasteiger partial charge in [-0.15, -0.1) is 0 Å². The third-order valence-corrected chi connectivity index (χ3v) is 4.59. The number of hydrogen-bond donors (Lipinski definition) is 1. The van der Waals surface area contributed by atoms with E-state index in [4.69, 9.17) is 4.74 Å². The summed E-state index contributed by atoms with van der Waals surface area (Å²) in [6.45, 7) is 9.88. The Morgan fingerprint density at radius 1 is 1.40 bits per heavy atom. The molecule has 0 aliphatic heterocycles. The fourth-order valence-electron chi connectivity index (χ4n) is 2.64. The van der Waals surface area contributed by atoms with Crippen LogP contribution in [0.15, 0.2) is 6.20 Å². The third kappa shape index (κ3) is 3.51. The highest BCUT2D eigenvalue weighted by Crippen LogP contribution is 2.31. The Kier molecular flexibility index (Phi) is 4.69. The first kappa shape index (κ1) is 15.3. The normalized spacial score (nSPS) is 17.9. The van der Waals surface area contributed by atoms with Gasteiger partial charge < -0.3 is 10.1 Å². The first-order valence-corrected chi connectivity index (χ1v) is 7.71. The summed E-state index contributed by atoms with van der Waals surface area (Å²) in [6.07, 6.45) is 6.78. The van der Waals surface area contributed by atoms with E-state index in [1.165, 1.54) is 24.1 Å². The number of methoxy groups -OCH3 is 1. The molecule has 1 N–H and O–H groups in total. The first-order valence-electron chi connectivity index (χ1n) is 7.71. The van der Waals surface area contributed by atoms with E-state index < -0.39 is 0 Å². The lowest BCUT2D eigenvalue weighted by Gasteiger charge is -2.29. The Bertz CT molecular complexity index is 468. The molecule has 0 bridgehead atoms. The van der Waals surface area contributed by atoms with E-state index in [9.17, 15) is 0 Å². The van der Waals surface area contributed by atoms with Crippen LogP contribution < -0.4 is 10.1 Å². The second-order valence-electron chi connectivity index (χ2n) is 6.54. The van der Waals surface area contributed by atoms with Gasteiger partial charge in [-0.1, -0.05) is 13.8 Å². The zero-order valence-electron chi connectivity index (χ0n) is 13.5. The number of nitrogens with one attached hydrogen (secondary N) is 1. The average Bonchev–Trinajstić information content (AvgIpc) is 3.25.